The van der Waals surface area contributed by atoms with Crippen molar-refractivity contribution in [1.29, 1.82) is 0 Å². The number of hydrogen-bond acceptors (Lipinski definition) is 3. The molecule has 2 aromatic rings. The Kier molecular flexibility index (Phi) is 5.17. The van der Waals surface area contributed by atoms with Gasteiger partial charge < -0.3 is 5.32 Å². The summed E-state index contributed by atoms with van der Waals surface area (Å²) in [4.78, 5) is 0. The van der Waals surface area contributed by atoms with Crippen LogP contribution in [-0.4, -0.2) is 26.6 Å². The Balaban J connectivity index is 2.10. The molecule has 1 N–H and O–H groups in total. The third kappa shape index (κ3) is 3.35. The maximum absolute atomic E-state index is 4.50. The third-order valence-electron chi connectivity index (χ3n) is 4.23. The number of rotatable bonds is 7. The van der Waals surface area contributed by atoms with Crippen molar-refractivity contribution in [2.45, 2.75) is 52.6 Å². The van der Waals surface area contributed by atoms with Crippen molar-refractivity contribution in [3.63, 3.8) is 0 Å². The van der Waals surface area contributed by atoms with Crippen LogP contribution in [0.25, 0.3) is 0 Å². The SMILES string of the molecule is CCCn1nccc1C(CCc1c(C)nn(C)c1C)NC. The predicted octanol–water partition coefficient (Wildman–Crippen LogP) is 2.54. The molecule has 2 heterocycles. The molecule has 0 saturated heterocycles. The lowest BCUT2D eigenvalue weighted by atomic mass is 10.0. The van der Waals surface area contributed by atoms with E-state index in [1.165, 1.54) is 17.0 Å². The fraction of sp³-hybridized carbons (Fsp3) is 0.625. The summed E-state index contributed by atoms with van der Waals surface area (Å²) in [5.41, 5.74) is 5.06. The van der Waals surface area contributed by atoms with Gasteiger partial charge >= 0.3 is 0 Å². The molecule has 2 rings (SSSR count). The van der Waals surface area contributed by atoms with E-state index >= 15 is 0 Å². The topological polar surface area (TPSA) is 47.7 Å². The number of hydrogen-bond donors (Lipinski definition) is 1. The van der Waals surface area contributed by atoms with E-state index in [9.17, 15) is 0 Å². The summed E-state index contributed by atoms with van der Waals surface area (Å²) in [5, 5.41) is 12.4. The largest absolute Gasteiger partial charge is 0.312 e. The highest BCUT2D eigenvalue weighted by molar-refractivity contribution is 5.25. The van der Waals surface area contributed by atoms with E-state index in [0.717, 1.165) is 31.5 Å². The summed E-state index contributed by atoms with van der Waals surface area (Å²) in [6.07, 6.45) is 5.09. The molecule has 5 nitrogen and oxygen atoms in total. The summed E-state index contributed by atoms with van der Waals surface area (Å²) in [7, 11) is 4.04. The van der Waals surface area contributed by atoms with Crippen LogP contribution in [0, 0.1) is 13.8 Å². The van der Waals surface area contributed by atoms with Crippen molar-refractivity contribution in [3.05, 3.63) is 34.9 Å². The molecule has 0 amide bonds. The molecule has 5 heteroatoms. The second-order valence-corrected chi connectivity index (χ2v) is 5.63. The minimum atomic E-state index is 0.332. The predicted molar refractivity (Wildman–Crippen MR) is 85.3 cm³/mol. The van der Waals surface area contributed by atoms with Crippen LogP contribution < -0.4 is 5.32 Å². The maximum Gasteiger partial charge on any atom is 0.0628 e. The second-order valence-electron chi connectivity index (χ2n) is 5.63. The monoisotopic (exact) mass is 289 g/mol. The number of nitrogens with zero attached hydrogens (tertiary/aromatic N) is 4. The van der Waals surface area contributed by atoms with Gasteiger partial charge in [0.05, 0.1) is 11.4 Å². The van der Waals surface area contributed by atoms with Gasteiger partial charge in [-0.3, -0.25) is 9.36 Å². The van der Waals surface area contributed by atoms with Crippen molar-refractivity contribution in [1.82, 2.24) is 24.9 Å². The Hall–Kier alpha value is -1.62. The molecular formula is C16H27N5. The zero-order valence-corrected chi connectivity index (χ0v) is 13.8. The van der Waals surface area contributed by atoms with Gasteiger partial charge in [0.25, 0.3) is 0 Å². The van der Waals surface area contributed by atoms with E-state index in [1.807, 2.05) is 25.0 Å². The smallest absolute Gasteiger partial charge is 0.0628 e. The van der Waals surface area contributed by atoms with Crippen LogP contribution >= 0.6 is 0 Å². The number of aryl methyl sites for hydroxylation is 3. The maximum atomic E-state index is 4.50. The molecule has 0 aliphatic heterocycles. The van der Waals surface area contributed by atoms with Gasteiger partial charge in [-0.05, 0) is 51.8 Å². The highest BCUT2D eigenvalue weighted by atomic mass is 15.3. The number of aromatic nitrogens is 4. The van der Waals surface area contributed by atoms with E-state index in [0.29, 0.717) is 6.04 Å². The summed E-state index contributed by atoms with van der Waals surface area (Å²) >= 11 is 0. The first kappa shape index (κ1) is 15.8. The Morgan fingerprint density at radius 1 is 1.33 bits per heavy atom. The molecule has 0 fully saturated rings. The standard InChI is InChI=1S/C16H27N5/c1-6-11-21-16(9-10-18-21)15(17-4)8-7-14-12(2)19-20(5)13(14)3/h9-10,15,17H,6-8,11H2,1-5H3. The summed E-state index contributed by atoms with van der Waals surface area (Å²) < 4.78 is 4.09. The summed E-state index contributed by atoms with van der Waals surface area (Å²) in [6, 6.07) is 2.46. The van der Waals surface area contributed by atoms with Crippen LogP contribution in [0.15, 0.2) is 12.3 Å². The Labute approximate surface area is 127 Å². The Morgan fingerprint density at radius 3 is 2.67 bits per heavy atom. The van der Waals surface area contributed by atoms with Gasteiger partial charge in [-0.2, -0.15) is 10.2 Å². The van der Waals surface area contributed by atoms with Gasteiger partial charge in [0, 0.05) is 31.5 Å². The van der Waals surface area contributed by atoms with E-state index < -0.39 is 0 Å². The minimum Gasteiger partial charge on any atom is -0.312 e. The fourth-order valence-corrected chi connectivity index (χ4v) is 2.95. The van der Waals surface area contributed by atoms with Gasteiger partial charge in [-0.1, -0.05) is 6.92 Å². The molecule has 0 aromatic carbocycles. The molecule has 0 aliphatic carbocycles. The average molecular weight is 289 g/mol. The van der Waals surface area contributed by atoms with Gasteiger partial charge in [0.15, 0.2) is 0 Å². The molecule has 0 spiro atoms. The lowest BCUT2D eigenvalue weighted by Crippen LogP contribution is -2.21. The van der Waals surface area contributed by atoms with Crippen molar-refractivity contribution in [3.8, 4) is 0 Å². The van der Waals surface area contributed by atoms with Crippen LogP contribution in [-0.2, 0) is 20.0 Å². The van der Waals surface area contributed by atoms with Crippen LogP contribution in [0.4, 0.5) is 0 Å². The molecule has 21 heavy (non-hydrogen) atoms. The summed E-state index contributed by atoms with van der Waals surface area (Å²) in [5.74, 6) is 0. The second kappa shape index (κ2) is 6.89. The first-order chi connectivity index (χ1) is 10.1. The molecule has 116 valence electrons. The van der Waals surface area contributed by atoms with Crippen LogP contribution in [0.3, 0.4) is 0 Å². The van der Waals surface area contributed by atoms with Crippen molar-refractivity contribution >= 4 is 0 Å². The van der Waals surface area contributed by atoms with E-state index in [4.69, 9.17) is 0 Å². The molecule has 0 aliphatic rings. The average Bonchev–Trinajstić information content (AvgIpc) is 3.00. The van der Waals surface area contributed by atoms with Crippen molar-refractivity contribution < 1.29 is 0 Å². The third-order valence-corrected chi connectivity index (χ3v) is 4.23. The minimum absolute atomic E-state index is 0.332. The normalized spacial score (nSPS) is 12.8. The Morgan fingerprint density at radius 2 is 2.10 bits per heavy atom. The number of nitrogens with one attached hydrogen (secondary N) is 1. The van der Waals surface area contributed by atoms with Gasteiger partial charge in [-0.25, -0.2) is 0 Å². The first-order valence-electron chi connectivity index (χ1n) is 7.76. The first-order valence-corrected chi connectivity index (χ1v) is 7.76. The van der Waals surface area contributed by atoms with E-state index in [-0.39, 0.29) is 0 Å². The van der Waals surface area contributed by atoms with Gasteiger partial charge in [-0.15, -0.1) is 0 Å². The quantitative estimate of drug-likeness (QED) is 0.852. The lowest BCUT2D eigenvalue weighted by Gasteiger charge is -2.18. The van der Waals surface area contributed by atoms with E-state index in [1.54, 1.807) is 0 Å². The molecule has 0 radical (unpaired) electrons. The fourth-order valence-electron chi connectivity index (χ4n) is 2.95. The lowest BCUT2D eigenvalue weighted by molar-refractivity contribution is 0.476. The highest BCUT2D eigenvalue weighted by Crippen LogP contribution is 2.22. The van der Waals surface area contributed by atoms with Crippen LogP contribution in [0.5, 0.6) is 0 Å². The van der Waals surface area contributed by atoms with Gasteiger partial charge in [0.1, 0.15) is 0 Å². The zero-order chi connectivity index (χ0) is 15.4. The van der Waals surface area contributed by atoms with Crippen LogP contribution in [0.2, 0.25) is 0 Å². The molecular weight excluding hydrogens is 262 g/mol. The molecule has 0 bridgehead atoms. The van der Waals surface area contributed by atoms with Crippen molar-refractivity contribution in [2.75, 3.05) is 7.05 Å². The van der Waals surface area contributed by atoms with Crippen LogP contribution in [0.1, 0.15) is 48.5 Å². The Bertz CT molecular complexity index is 582. The highest BCUT2D eigenvalue weighted by Gasteiger charge is 2.16. The summed E-state index contributed by atoms with van der Waals surface area (Å²) in [6.45, 7) is 7.40. The molecule has 1 unspecified atom stereocenters. The zero-order valence-electron chi connectivity index (χ0n) is 13.8. The molecule has 0 saturated carbocycles. The van der Waals surface area contributed by atoms with Gasteiger partial charge in [0.2, 0.25) is 0 Å². The van der Waals surface area contributed by atoms with Crippen molar-refractivity contribution in [2.24, 2.45) is 7.05 Å². The molecule has 1 atom stereocenters. The molecule has 2 aromatic heterocycles. The van der Waals surface area contributed by atoms with E-state index in [2.05, 4.69) is 47.0 Å².